The average Bonchev–Trinajstić information content (AvgIpc) is 2.88. The van der Waals surface area contributed by atoms with Crippen molar-refractivity contribution in [2.45, 2.75) is 84.5 Å². The topological polar surface area (TPSA) is 125 Å². The van der Waals surface area contributed by atoms with Crippen molar-refractivity contribution in [2.24, 2.45) is 11.3 Å². The van der Waals surface area contributed by atoms with Crippen LogP contribution in [0.25, 0.3) is 0 Å². The van der Waals surface area contributed by atoms with Crippen molar-refractivity contribution < 1.29 is 33.5 Å². The number of benzene rings is 1. The summed E-state index contributed by atoms with van der Waals surface area (Å²) < 4.78 is 16.8. The number of carbonyl (C=O) groups excluding carboxylic acids is 3. The van der Waals surface area contributed by atoms with E-state index in [1.807, 2.05) is 20.8 Å². The summed E-state index contributed by atoms with van der Waals surface area (Å²) in [6.07, 6.45) is 3.23. The van der Waals surface area contributed by atoms with Gasteiger partial charge in [-0.2, -0.15) is 0 Å². The fourth-order valence-electron chi connectivity index (χ4n) is 4.36. The van der Waals surface area contributed by atoms with Gasteiger partial charge < -0.3 is 19.1 Å². The molecule has 1 heterocycles. The zero-order chi connectivity index (χ0) is 26.3. The second kappa shape index (κ2) is 12.2. The maximum atomic E-state index is 12.9. The Morgan fingerprint density at radius 3 is 2.25 bits per heavy atom. The van der Waals surface area contributed by atoms with E-state index in [-0.39, 0.29) is 30.2 Å². The van der Waals surface area contributed by atoms with Crippen molar-refractivity contribution in [1.82, 2.24) is 4.90 Å². The molecule has 2 unspecified atom stereocenters. The number of piperidine rings is 1. The Labute approximate surface area is 211 Å². The highest BCUT2D eigenvalue weighted by molar-refractivity contribution is 5.76. The molecule has 2 aliphatic rings. The molecule has 1 aliphatic heterocycles. The van der Waals surface area contributed by atoms with Crippen LogP contribution in [0.1, 0.15) is 71.3 Å². The summed E-state index contributed by atoms with van der Waals surface area (Å²) in [5.74, 6) is -0.953. The molecule has 1 amide bonds. The predicted molar refractivity (Wildman–Crippen MR) is 130 cm³/mol. The Kier molecular flexibility index (Phi) is 9.28. The Balaban J connectivity index is 1.47. The van der Waals surface area contributed by atoms with E-state index in [0.717, 1.165) is 12.8 Å². The molecule has 10 nitrogen and oxygen atoms in total. The fraction of sp³-hybridized carbons (Fsp3) is 0.654. The van der Waals surface area contributed by atoms with E-state index in [9.17, 15) is 24.5 Å². The number of esters is 2. The van der Waals surface area contributed by atoms with E-state index in [1.165, 1.54) is 11.0 Å². The molecule has 36 heavy (non-hydrogen) atoms. The van der Waals surface area contributed by atoms with Gasteiger partial charge in [0, 0.05) is 19.2 Å². The number of hydrogen-bond donors (Lipinski definition) is 0. The van der Waals surface area contributed by atoms with Crippen LogP contribution >= 0.6 is 0 Å². The molecular formula is C26H36N2O8. The van der Waals surface area contributed by atoms with Gasteiger partial charge in [-0.1, -0.05) is 19.1 Å². The molecule has 1 aromatic rings. The number of nitro groups is 1. The van der Waals surface area contributed by atoms with Crippen LogP contribution in [-0.4, -0.2) is 53.2 Å². The summed E-state index contributed by atoms with van der Waals surface area (Å²) in [7, 11) is 0. The van der Waals surface area contributed by atoms with E-state index in [4.69, 9.17) is 14.2 Å². The highest BCUT2D eigenvalue weighted by atomic mass is 16.6. The molecule has 0 N–H and O–H groups in total. The first-order valence-corrected chi connectivity index (χ1v) is 12.7. The minimum Gasteiger partial charge on any atom is -0.458 e. The van der Waals surface area contributed by atoms with Crippen LogP contribution in [0.3, 0.4) is 0 Å². The SMILES string of the molecule is CCC(C)(C)C(=O)OC1CCCCC1OC(=O)C1CCN(C(=O)OCc2ccccc2[N+](=O)[O-])CC1. The average molecular weight is 505 g/mol. The summed E-state index contributed by atoms with van der Waals surface area (Å²) in [6, 6.07) is 6.12. The minimum absolute atomic E-state index is 0.100. The van der Waals surface area contributed by atoms with E-state index >= 15 is 0 Å². The molecule has 2 fully saturated rings. The van der Waals surface area contributed by atoms with Gasteiger partial charge >= 0.3 is 18.0 Å². The van der Waals surface area contributed by atoms with Crippen molar-refractivity contribution in [3.8, 4) is 0 Å². The number of amides is 1. The van der Waals surface area contributed by atoms with Gasteiger partial charge in [-0.3, -0.25) is 19.7 Å². The number of nitro benzene ring substituents is 1. The van der Waals surface area contributed by atoms with Crippen molar-refractivity contribution in [1.29, 1.82) is 0 Å². The number of para-hydroxylation sites is 1. The summed E-state index contributed by atoms with van der Waals surface area (Å²) in [5, 5.41) is 11.1. The second-order valence-electron chi connectivity index (χ2n) is 10.1. The van der Waals surface area contributed by atoms with E-state index < -0.39 is 28.6 Å². The van der Waals surface area contributed by atoms with Crippen molar-refractivity contribution in [2.75, 3.05) is 13.1 Å². The van der Waals surface area contributed by atoms with E-state index in [1.54, 1.807) is 18.2 Å². The summed E-state index contributed by atoms with van der Waals surface area (Å²) in [5.41, 5.74) is -0.366. The summed E-state index contributed by atoms with van der Waals surface area (Å²) in [6.45, 7) is 6.08. The van der Waals surface area contributed by atoms with Crippen LogP contribution in [0.15, 0.2) is 24.3 Å². The molecule has 1 aromatic carbocycles. The molecule has 198 valence electrons. The predicted octanol–water partition coefficient (Wildman–Crippen LogP) is 4.78. The number of hydrogen-bond acceptors (Lipinski definition) is 8. The van der Waals surface area contributed by atoms with Gasteiger partial charge in [-0.25, -0.2) is 4.79 Å². The normalized spacial score (nSPS) is 20.9. The van der Waals surface area contributed by atoms with E-state index in [2.05, 4.69) is 0 Å². The highest BCUT2D eigenvalue weighted by Gasteiger charge is 2.37. The lowest BCUT2D eigenvalue weighted by atomic mass is 9.89. The summed E-state index contributed by atoms with van der Waals surface area (Å²) in [4.78, 5) is 50.0. The van der Waals surface area contributed by atoms with E-state index in [0.29, 0.717) is 50.8 Å². The zero-order valence-electron chi connectivity index (χ0n) is 21.3. The lowest BCUT2D eigenvalue weighted by Gasteiger charge is -2.35. The molecule has 1 aliphatic carbocycles. The Hall–Kier alpha value is -3.17. The van der Waals surface area contributed by atoms with Gasteiger partial charge in [0.15, 0.2) is 0 Å². The van der Waals surface area contributed by atoms with Gasteiger partial charge in [-0.15, -0.1) is 0 Å². The van der Waals surface area contributed by atoms with Gasteiger partial charge in [-0.05, 0) is 64.9 Å². The van der Waals surface area contributed by atoms with Crippen LogP contribution < -0.4 is 0 Å². The van der Waals surface area contributed by atoms with Crippen molar-refractivity contribution >= 4 is 23.7 Å². The van der Waals surface area contributed by atoms with Crippen LogP contribution in [-0.2, 0) is 30.4 Å². The molecule has 0 spiro atoms. The summed E-state index contributed by atoms with van der Waals surface area (Å²) >= 11 is 0. The molecule has 1 saturated heterocycles. The Bertz CT molecular complexity index is 955. The third-order valence-electron chi connectivity index (χ3n) is 7.23. The minimum atomic E-state index is -0.584. The van der Waals surface area contributed by atoms with Gasteiger partial charge in [0.1, 0.15) is 18.8 Å². The number of likely N-dealkylation sites (tertiary alicyclic amines) is 1. The third-order valence-corrected chi connectivity index (χ3v) is 7.23. The quantitative estimate of drug-likeness (QED) is 0.214. The maximum absolute atomic E-state index is 12.9. The molecule has 10 heteroatoms. The molecule has 0 bridgehead atoms. The zero-order valence-corrected chi connectivity index (χ0v) is 21.3. The van der Waals surface area contributed by atoms with Gasteiger partial charge in [0.05, 0.1) is 21.8 Å². The molecule has 1 saturated carbocycles. The second-order valence-corrected chi connectivity index (χ2v) is 10.1. The number of rotatable bonds is 8. The highest BCUT2D eigenvalue weighted by Crippen LogP contribution is 2.30. The lowest BCUT2D eigenvalue weighted by molar-refractivity contribution is -0.385. The van der Waals surface area contributed by atoms with Crippen LogP contribution in [0.5, 0.6) is 0 Å². The van der Waals surface area contributed by atoms with Crippen LogP contribution in [0.2, 0.25) is 0 Å². The standard InChI is InChI=1S/C26H36N2O8/c1-4-26(2,3)24(30)36-22-12-8-7-11-21(22)35-23(29)18-13-15-27(16-14-18)25(31)34-17-19-9-5-6-10-20(19)28(32)33/h5-6,9-10,18,21-22H,4,7-8,11-17H2,1-3H3. The first kappa shape index (κ1) is 27.4. The molecule has 0 aromatic heterocycles. The van der Waals surface area contributed by atoms with Crippen LogP contribution in [0, 0.1) is 21.4 Å². The molecule has 2 atom stereocenters. The molecule has 0 radical (unpaired) electrons. The van der Waals surface area contributed by atoms with Crippen LogP contribution in [0.4, 0.5) is 10.5 Å². The fourth-order valence-corrected chi connectivity index (χ4v) is 4.36. The monoisotopic (exact) mass is 504 g/mol. The number of carbonyl (C=O) groups is 3. The van der Waals surface area contributed by atoms with Crippen molar-refractivity contribution in [3.63, 3.8) is 0 Å². The first-order chi connectivity index (χ1) is 17.1. The Morgan fingerprint density at radius 1 is 1.03 bits per heavy atom. The van der Waals surface area contributed by atoms with Crippen molar-refractivity contribution in [3.05, 3.63) is 39.9 Å². The van der Waals surface area contributed by atoms with Gasteiger partial charge in [0.2, 0.25) is 0 Å². The largest absolute Gasteiger partial charge is 0.458 e. The maximum Gasteiger partial charge on any atom is 0.410 e. The Morgan fingerprint density at radius 2 is 1.64 bits per heavy atom. The number of ether oxygens (including phenoxy) is 3. The van der Waals surface area contributed by atoms with Gasteiger partial charge in [0.25, 0.3) is 5.69 Å². The molecular weight excluding hydrogens is 468 g/mol. The third kappa shape index (κ3) is 6.95. The smallest absolute Gasteiger partial charge is 0.410 e. The molecule has 3 rings (SSSR count). The lowest BCUT2D eigenvalue weighted by Crippen LogP contribution is -2.44. The first-order valence-electron chi connectivity index (χ1n) is 12.7. The number of nitrogens with zero attached hydrogens (tertiary/aromatic N) is 2.